The van der Waals surface area contributed by atoms with Crippen molar-refractivity contribution in [3.8, 4) is 0 Å². The van der Waals surface area contributed by atoms with Gasteiger partial charge in [-0.25, -0.2) is 9.97 Å². The molecular formula is C24H33N7. The first-order valence-corrected chi connectivity index (χ1v) is 11.7. The molecule has 7 nitrogen and oxygen atoms in total. The maximum absolute atomic E-state index is 4.80. The number of hydrogen-bond donors (Lipinski definition) is 1. The zero-order valence-corrected chi connectivity index (χ0v) is 18.7. The highest BCUT2D eigenvalue weighted by Gasteiger charge is 2.20. The fraction of sp³-hybridized carbons (Fsp3) is 0.542. The van der Waals surface area contributed by atoms with E-state index < -0.39 is 0 Å². The third-order valence-electron chi connectivity index (χ3n) is 6.52. The first-order valence-electron chi connectivity index (χ1n) is 11.7. The van der Waals surface area contributed by atoms with Gasteiger partial charge < -0.3 is 14.8 Å². The fourth-order valence-electron chi connectivity index (χ4n) is 4.94. The van der Waals surface area contributed by atoms with Crippen molar-refractivity contribution >= 4 is 28.5 Å². The molecule has 2 fully saturated rings. The highest BCUT2D eigenvalue weighted by molar-refractivity contribution is 5.77. The predicted molar refractivity (Wildman–Crippen MR) is 126 cm³/mol. The van der Waals surface area contributed by atoms with Crippen LogP contribution in [0.2, 0.25) is 0 Å². The van der Waals surface area contributed by atoms with Crippen LogP contribution in [0.15, 0.2) is 36.8 Å². The SMILES string of the molecule is CC(C)CN1CCN(c2ccc(Nc3ncc4ccn(C5CCCC5)c4n3)nc2)CC1. The highest BCUT2D eigenvalue weighted by atomic mass is 15.3. The summed E-state index contributed by atoms with van der Waals surface area (Å²) < 4.78 is 2.32. The number of aromatic nitrogens is 4. The molecule has 0 amide bonds. The van der Waals surface area contributed by atoms with Crippen molar-refractivity contribution < 1.29 is 0 Å². The van der Waals surface area contributed by atoms with Crippen LogP contribution < -0.4 is 10.2 Å². The van der Waals surface area contributed by atoms with Gasteiger partial charge in [-0.3, -0.25) is 4.90 Å². The Balaban J connectivity index is 1.25. The van der Waals surface area contributed by atoms with Gasteiger partial charge in [0.05, 0.1) is 11.9 Å². The summed E-state index contributed by atoms with van der Waals surface area (Å²) in [7, 11) is 0. The maximum atomic E-state index is 4.80. The molecule has 0 unspecified atom stereocenters. The summed E-state index contributed by atoms with van der Waals surface area (Å²) in [5, 5.41) is 4.38. The first kappa shape index (κ1) is 20.2. The number of nitrogens with zero attached hydrogens (tertiary/aromatic N) is 6. The number of hydrogen-bond acceptors (Lipinski definition) is 6. The molecule has 0 bridgehead atoms. The Morgan fingerprint density at radius 1 is 1.00 bits per heavy atom. The lowest BCUT2D eigenvalue weighted by molar-refractivity contribution is 0.231. The van der Waals surface area contributed by atoms with Gasteiger partial charge in [0.25, 0.3) is 0 Å². The van der Waals surface area contributed by atoms with E-state index in [1.54, 1.807) is 0 Å². The van der Waals surface area contributed by atoms with Gasteiger partial charge in [-0.1, -0.05) is 26.7 Å². The Morgan fingerprint density at radius 3 is 2.52 bits per heavy atom. The van der Waals surface area contributed by atoms with Crippen molar-refractivity contribution in [1.29, 1.82) is 0 Å². The number of anilines is 3. The fourth-order valence-corrected chi connectivity index (χ4v) is 4.94. The van der Waals surface area contributed by atoms with Gasteiger partial charge in [-0.05, 0) is 37.0 Å². The van der Waals surface area contributed by atoms with Gasteiger partial charge >= 0.3 is 0 Å². The molecule has 2 aliphatic rings. The van der Waals surface area contributed by atoms with Gasteiger partial charge in [-0.2, -0.15) is 4.98 Å². The molecule has 0 spiro atoms. The summed E-state index contributed by atoms with van der Waals surface area (Å²) in [6.07, 6.45) is 11.1. The third-order valence-corrected chi connectivity index (χ3v) is 6.52. The van der Waals surface area contributed by atoms with Gasteiger partial charge in [0, 0.05) is 56.5 Å². The molecular weight excluding hydrogens is 386 g/mol. The molecule has 0 radical (unpaired) electrons. The Hall–Kier alpha value is -2.67. The Morgan fingerprint density at radius 2 is 1.81 bits per heavy atom. The number of fused-ring (bicyclic) bond motifs is 1. The van der Waals surface area contributed by atoms with Crippen LogP contribution in [-0.2, 0) is 0 Å². The van der Waals surface area contributed by atoms with Crippen LogP contribution in [-0.4, -0.2) is 57.1 Å². The minimum atomic E-state index is 0.568. The summed E-state index contributed by atoms with van der Waals surface area (Å²) in [5.74, 6) is 2.11. The van der Waals surface area contributed by atoms with E-state index in [0.29, 0.717) is 12.0 Å². The molecule has 0 atom stereocenters. The van der Waals surface area contributed by atoms with Crippen LogP contribution in [0, 0.1) is 5.92 Å². The Labute approximate surface area is 184 Å². The van der Waals surface area contributed by atoms with Crippen LogP contribution in [0.5, 0.6) is 0 Å². The van der Waals surface area contributed by atoms with Crippen molar-refractivity contribution in [3.63, 3.8) is 0 Å². The molecule has 1 N–H and O–H groups in total. The number of rotatable bonds is 6. The molecule has 1 saturated heterocycles. The molecule has 5 rings (SSSR count). The lowest BCUT2D eigenvalue weighted by Gasteiger charge is -2.36. The monoisotopic (exact) mass is 419 g/mol. The summed E-state index contributed by atoms with van der Waals surface area (Å²) in [5.41, 5.74) is 2.20. The van der Waals surface area contributed by atoms with E-state index >= 15 is 0 Å². The summed E-state index contributed by atoms with van der Waals surface area (Å²) in [6.45, 7) is 10.1. The molecule has 3 aromatic heterocycles. The van der Waals surface area contributed by atoms with E-state index in [2.05, 4.69) is 61.8 Å². The second-order valence-corrected chi connectivity index (χ2v) is 9.34. The van der Waals surface area contributed by atoms with Gasteiger partial charge in [0.2, 0.25) is 5.95 Å². The van der Waals surface area contributed by atoms with Gasteiger partial charge in [-0.15, -0.1) is 0 Å². The van der Waals surface area contributed by atoms with Crippen LogP contribution >= 0.6 is 0 Å². The van der Waals surface area contributed by atoms with Crippen LogP contribution in [0.1, 0.15) is 45.6 Å². The van der Waals surface area contributed by atoms with E-state index in [1.807, 2.05) is 18.5 Å². The lowest BCUT2D eigenvalue weighted by atomic mass is 10.2. The lowest BCUT2D eigenvalue weighted by Crippen LogP contribution is -2.47. The average Bonchev–Trinajstić information content (AvgIpc) is 3.44. The molecule has 1 saturated carbocycles. The van der Waals surface area contributed by atoms with E-state index in [4.69, 9.17) is 4.98 Å². The summed E-state index contributed by atoms with van der Waals surface area (Å²) in [4.78, 5) is 18.9. The molecule has 4 heterocycles. The molecule has 164 valence electrons. The van der Waals surface area contributed by atoms with E-state index in [-0.39, 0.29) is 0 Å². The summed E-state index contributed by atoms with van der Waals surface area (Å²) >= 11 is 0. The molecule has 31 heavy (non-hydrogen) atoms. The quantitative estimate of drug-likeness (QED) is 0.636. The van der Waals surface area contributed by atoms with Gasteiger partial charge in [0.15, 0.2) is 0 Å². The van der Waals surface area contributed by atoms with Crippen molar-refractivity contribution in [3.05, 3.63) is 36.8 Å². The molecule has 1 aliphatic carbocycles. The molecule has 0 aromatic carbocycles. The van der Waals surface area contributed by atoms with Crippen LogP contribution in [0.4, 0.5) is 17.5 Å². The van der Waals surface area contributed by atoms with Crippen molar-refractivity contribution in [2.75, 3.05) is 42.9 Å². The van der Waals surface area contributed by atoms with E-state index in [9.17, 15) is 0 Å². The van der Waals surface area contributed by atoms with Crippen molar-refractivity contribution in [2.45, 2.75) is 45.6 Å². The first-order chi connectivity index (χ1) is 15.2. The molecule has 1 aliphatic heterocycles. The zero-order chi connectivity index (χ0) is 21.2. The second kappa shape index (κ2) is 8.83. The van der Waals surface area contributed by atoms with Crippen molar-refractivity contribution in [2.24, 2.45) is 5.92 Å². The molecule has 3 aromatic rings. The van der Waals surface area contributed by atoms with Crippen molar-refractivity contribution in [1.82, 2.24) is 24.4 Å². The standard InChI is InChI=1S/C24H33N7/c1-18(2)17-29-11-13-30(14-12-29)21-7-8-22(25-16-21)27-24-26-15-19-9-10-31(23(19)28-24)20-5-3-4-6-20/h7-10,15-16,18,20H,3-6,11-14,17H2,1-2H3,(H,25,26,27,28). The number of pyridine rings is 1. The highest BCUT2D eigenvalue weighted by Crippen LogP contribution is 2.32. The average molecular weight is 420 g/mol. The topological polar surface area (TPSA) is 62.1 Å². The number of nitrogens with one attached hydrogen (secondary N) is 1. The summed E-state index contributed by atoms with van der Waals surface area (Å²) in [6, 6.07) is 6.86. The van der Waals surface area contributed by atoms with E-state index in [1.165, 1.54) is 37.9 Å². The largest absolute Gasteiger partial charge is 0.368 e. The Bertz CT molecular complexity index is 996. The minimum absolute atomic E-state index is 0.568. The third kappa shape index (κ3) is 4.51. The second-order valence-electron chi connectivity index (χ2n) is 9.34. The number of piperazine rings is 1. The molecule has 7 heteroatoms. The smallest absolute Gasteiger partial charge is 0.230 e. The van der Waals surface area contributed by atoms with E-state index in [0.717, 1.165) is 48.9 Å². The van der Waals surface area contributed by atoms with Crippen LogP contribution in [0.3, 0.4) is 0 Å². The Kier molecular flexibility index (Phi) is 5.76. The maximum Gasteiger partial charge on any atom is 0.230 e. The predicted octanol–water partition coefficient (Wildman–Crippen LogP) is 4.46. The van der Waals surface area contributed by atoms with Gasteiger partial charge in [0.1, 0.15) is 11.5 Å². The zero-order valence-electron chi connectivity index (χ0n) is 18.7. The normalized spacial score (nSPS) is 18.4. The minimum Gasteiger partial charge on any atom is -0.368 e. The van der Waals surface area contributed by atoms with Crippen LogP contribution in [0.25, 0.3) is 11.0 Å².